The molecule has 1 aromatic carbocycles. The van der Waals surface area contributed by atoms with Crippen LogP contribution in [0.1, 0.15) is 43.0 Å². The number of benzene rings is 1. The minimum absolute atomic E-state index is 0.192. The highest BCUT2D eigenvalue weighted by Gasteiger charge is 2.52. The highest BCUT2D eigenvalue weighted by atomic mass is 16.6. The third kappa shape index (κ3) is 3.77. The Bertz CT molecular complexity index is 892. The van der Waals surface area contributed by atoms with Gasteiger partial charge in [0.1, 0.15) is 18.8 Å². The summed E-state index contributed by atoms with van der Waals surface area (Å²) in [6.07, 6.45) is 2.70. The van der Waals surface area contributed by atoms with E-state index in [1.54, 1.807) is 6.07 Å². The second-order valence-corrected chi connectivity index (χ2v) is 7.80. The van der Waals surface area contributed by atoms with E-state index in [1.165, 1.54) is 12.1 Å². The smallest absolute Gasteiger partial charge is 0.344 e. The molecule has 2 heterocycles. The third-order valence-corrected chi connectivity index (χ3v) is 5.64. The lowest BCUT2D eigenvalue weighted by atomic mass is 9.77. The summed E-state index contributed by atoms with van der Waals surface area (Å²) in [6.45, 7) is 2.26. The molecule has 0 bridgehead atoms. The van der Waals surface area contributed by atoms with Crippen molar-refractivity contribution in [2.45, 2.75) is 38.1 Å². The van der Waals surface area contributed by atoms with Crippen molar-refractivity contribution in [1.29, 1.82) is 0 Å². The van der Waals surface area contributed by atoms with Gasteiger partial charge in [0.15, 0.2) is 18.1 Å². The fourth-order valence-electron chi connectivity index (χ4n) is 3.86. The fraction of sp³-hybridized carbons (Fsp3) is 0.500. The van der Waals surface area contributed by atoms with Crippen LogP contribution < -0.4 is 20.2 Å². The monoisotopic (exact) mass is 417 g/mol. The van der Waals surface area contributed by atoms with Crippen LogP contribution in [0.25, 0.3) is 0 Å². The number of ether oxygens (including phenoxy) is 3. The Morgan fingerprint density at radius 2 is 1.90 bits per heavy atom. The summed E-state index contributed by atoms with van der Waals surface area (Å²) in [4.78, 5) is 49.3. The van der Waals surface area contributed by atoms with Crippen LogP contribution in [-0.4, -0.2) is 54.2 Å². The van der Waals surface area contributed by atoms with Gasteiger partial charge in [-0.25, -0.2) is 9.59 Å². The highest BCUT2D eigenvalue weighted by Crippen LogP contribution is 2.35. The maximum Gasteiger partial charge on any atom is 0.344 e. The van der Waals surface area contributed by atoms with Crippen LogP contribution in [0, 0.1) is 5.92 Å². The lowest BCUT2D eigenvalue weighted by Crippen LogP contribution is -2.52. The number of amides is 4. The van der Waals surface area contributed by atoms with Crippen molar-refractivity contribution >= 4 is 23.8 Å². The maximum atomic E-state index is 12.7. The Kier molecular flexibility index (Phi) is 5.23. The molecule has 0 aromatic heterocycles. The quantitative estimate of drug-likeness (QED) is 0.556. The molecule has 1 saturated heterocycles. The molecule has 1 aromatic rings. The van der Waals surface area contributed by atoms with E-state index in [0.29, 0.717) is 48.5 Å². The van der Waals surface area contributed by atoms with Gasteiger partial charge in [-0.3, -0.25) is 15.0 Å². The molecule has 2 fully saturated rings. The van der Waals surface area contributed by atoms with Gasteiger partial charge in [-0.15, -0.1) is 0 Å². The van der Waals surface area contributed by atoms with Crippen LogP contribution in [0.3, 0.4) is 0 Å². The summed E-state index contributed by atoms with van der Waals surface area (Å²) in [7, 11) is 0. The van der Waals surface area contributed by atoms with E-state index in [0.717, 1.165) is 12.8 Å². The number of nitrogens with zero attached hydrogens (tertiary/aromatic N) is 1. The topological polar surface area (TPSA) is 123 Å². The van der Waals surface area contributed by atoms with E-state index in [1.807, 2.05) is 0 Å². The maximum absolute atomic E-state index is 12.7. The molecular weight excluding hydrogens is 394 g/mol. The summed E-state index contributed by atoms with van der Waals surface area (Å²) < 4.78 is 15.8. The van der Waals surface area contributed by atoms with E-state index in [4.69, 9.17) is 14.2 Å². The Labute approximate surface area is 172 Å². The number of rotatable bonds is 4. The van der Waals surface area contributed by atoms with Crippen molar-refractivity contribution < 1.29 is 33.4 Å². The second kappa shape index (κ2) is 7.85. The van der Waals surface area contributed by atoms with Crippen LogP contribution in [0.2, 0.25) is 0 Å². The molecule has 1 aliphatic carbocycles. The van der Waals surface area contributed by atoms with Gasteiger partial charge >= 0.3 is 12.0 Å². The molecule has 30 heavy (non-hydrogen) atoms. The molecular formula is C20H23N3O7. The average molecular weight is 417 g/mol. The molecule has 2 N–H and O–H groups in total. The van der Waals surface area contributed by atoms with Gasteiger partial charge in [-0.2, -0.15) is 5.01 Å². The lowest BCUT2D eigenvalue weighted by Gasteiger charge is -2.33. The summed E-state index contributed by atoms with van der Waals surface area (Å²) in [5, 5.41) is 3.38. The Hall–Kier alpha value is -3.30. The van der Waals surface area contributed by atoms with Gasteiger partial charge in [0.2, 0.25) is 0 Å². The zero-order valence-electron chi connectivity index (χ0n) is 16.6. The largest absolute Gasteiger partial charge is 0.486 e. The van der Waals surface area contributed by atoms with E-state index in [-0.39, 0.29) is 5.56 Å². The number of nitrogens with one attached hydrogen (secondary N) is 2. The van der Waals surface area contributed by atoms with E-state index in [9.17, 15) is 19.2 Å². The molecule has 1 spiro atoms. The first-order valence-electron chi connectivity index (χ1n) is 9.91. The number of imide groups is 1. The van der Waals surface area contributed by atoms with E-state index < -0.39 is 36.0 Å². The van der Waals surface area contributed by atoms with Crippen molar-refractivity contribution in [3.05, 3.63) is 23.8 Å². The molecule has 4 amide bonds. The predicted molar refractivity (Wildman–Crippen MR) is 102 cm³/mol. The molecule has 1 saturated carbocycles. The van der Waals surface area contributed by atoms with E-state index in [2.05, 4.69) is 17.7 Å². The van der Waals surface area contributed by atoms with Crippen LogP contribution in [0.4, 0.5) is 4.79 Å². The van der Waals surface area contributed by atoms with Gasteiger partial charge in [0.25, 0.3) is 11.8 Å². The Morgan fingerprint density at radius 3 is 2.63 bits per heavy atom. The summed E-state index contributed by atoms with van der Waals surface area (Å²) in [5.74, 6) is -0.566. The van der Waals surface area contributed by atoms with Crippen LogP contribution >= 0.6 is 0 Å². The van der Waals surface area contributed by atoms with Crippen molar-refractivity contribution in [1.82, 2.24) is 15.8 Å². The van der Waals surface area contributed by atoms with Crippen LogP contribution in [0.5, 0.6) is 11.5 Å². The molecule has 0 unspecified atom stereocenters. The molecule has 0 radical (unpaired) electrons. The Balaban J connectivity index is 1.32. The van der Waals surface area contributed by atoms with Gasteiger partial charge in [0.05, 0.1) is 5.56 Å². The third-order valence-electron chi connectivity index (χ3n) is 5.64. The number of esters is 1. The normalized spacial score (nSPS) is 25.1. The minimum Gasteiger partial charge on any atom is -0.486 e. The van der Waals surface area contributed by atoms with Crippen LogP contribution in [-0.2, 0) is 14.3 Å². The molecule has 2 aliphatic heterocycles. The molecule has 0 atom stereocenters. The number of fused-ring (bicyclic) bond motifs is 1. The van der Waals surface area contributed by atoms with Gasteiger partial charge < -0.3 is 19.5 Å². The highest BCUT2D eigenvalue weighted by molar-refractivity contribution is 6.08. The molecule has 3 aliphatic rings. The van der Waals surface area contributed by atoms with Crippen molar-refractivity contribution in [2.75, 3.05) is 19.8 Å². The first kappa shape index (κ1) is 20.0. The number of carbonyl (C=O) groups excluding carboxylic acids is 4. The molecule has 10 heteroatoms. The van der Waals surface area contributed by atoms with Crippen molar-refractivity contribution in [3.63, 3.8) is 0 Å². The predicted octanol–water partition coefficient (Wildman–Crippen LogP) is 1.15. The van der Waals surface area contributed by atoms with E-state index >= 15 is 0 Å². The summed E-state index contributed by atoms with van der Waals surface area (Å²) in [5.41, 5.74) is 1.46. The van der Waals surface area contributed by atoms with Crippen molar-refractivity contribution in [3.8, 4) is 11.5 Å². The first-order chi connectivity index (χ1) is 14.4. The molecule has 160 valence electrons. The SMILES string of the molecule is CC1CCC2(CC1)NC(=O)N(NC(=O)COC(=O)c1ccc3c(c1)OCCO3)C2=O. The van der Waals surface area contributed by atoms with Gasteiger partial charge in [0, 0.05) is 0 Å². The Morgan fingerprint density at radius 1 is 1.20 bits per heavy atom. The zero-order chi connectivity index (χ0) is 21.3. The fourth-order valence-corrected chi connectivity index (χ4v) is 3.86. The molecule has 10 nitrogen and oxygen atoms in total. The first-order valence-corrected chi connectivity index (χ1v) is 9.91. The standard InChI is InChI=1S/C20H23N3O7/c1-12-4-6-20(7-5-12)18(26)23(19(27)21-20)22-16(24)11-30-17(25)13-2-3-14-15(10-13)29-9-8-28-14/h2-3,10,12H,4-9,11H2,1H3,(H,21,27)(H,22,24). The number of hydrogen-bond acceptors (Lipinski definition) is 7. The second-order valence-electron chi connectivity index (χ2n) is 7.80. The van der Waals surface area contributed by atoms with Gasteiger partial charge in [-0.05, 0) is 49.8 Å². The average Bonchev–Trinajstić information content (AvgIpc) is 2.98. The minimum atomic E-state index is -0.960. The number of hydrogen-bond donors (Lipinski definition) is 2. The number of carbonyl (C=O) groups is 4. The summed E-state index contributed by atoms with van der Waals surface area (Å²) >= 11 is 0. The lowest BCUT2D eigenvalue weighted by molar-refractivity contribution is -0.141. The van der Waals surface area contributed by atoms with Gasteiger partial charge in [-0.1, -0.05) is 6.92 Å². The number of hydrazine groups is 1. The van der Waals surface area contributed by atoms with Crippen LogP contribution in [0.15, 0.2) is 18.2 Å². The summed E-state index contributed by atoms with van der Waals surface area (Å²) in [6, 6.07) is 3.88. The number of urea groups is 1. The molecule has 4 rings (SSSR count). The zero-order valence-corrected chi connectivity index (χ0v) is 16.6. The van der Waals surface area contributed by atoms with Crippen molar-refractivity contribution in [2.24, 2.45) is 5.92 Å².